The molecule has 5 heteroatoms. The van der Waals surface area contributed by atoms with E-state index in [1.165, 1.54) is 153 Å². The molecule has 0 bridgehead atoms. The third kappa shape index (κ3) is 12.9. The Morgan fingerprint density at radius 2 is 0.393 bits per heavy atom. The number of hydrogen-bond acceptors (Lipinski definition) is 2. The monoisotopic (exact) mass is 1490 g/mol. The largest absolute Gasteiger partial charge is 0.488 e. The van der Waals surface area contributed by atoms with Crippen LogP contribution in [0, 0.1) is 0 Å². The van der Waals surface area contributed by atoms with E-state index >= 15 is 0 Å². The van der Waals surface area contributed by atoms with Crippen molar-refractivity contribution in [2.24, 2.45) is 0 Å². The third-order valence-corrected chi connectivity index (χ3v) is 22.3. The summed E-state index contributed by atoms with van der Waals surface area (Å²) >= 11 is 7.42. The number of rotatable bonds is 9. The summed E-state index contributed by atoms with van der Waals surface area (Å²) in [5, 5.41) is 41.9. The van der Waals surface area contributed by atoms with Crippen molar-refractivity contribution in [2.45, 2.75) is 0 Å². The van der Waals surface area contributed by atoms with Crippen molar-refractivity contribution in [3.63, 3.8) is 0 Å². The van der Waals surface area contributed by atoms with Crippen LogP contribution in [0.3, 0.4) is 0 Å². The lowest BCUT2D eigenvalue weighted by Crippen LogP contribution is -2.29. The Kier molecular flexibility index (Phi) is 18.0. The van der Waals surface area contributed by atoms with E-state index in [-0.39, 0.29) is 0 Å². The van der Waals surface area contributed by atoms with Gasteiger partial charge in [0, 0.05) is 8.95 Å². The number of benzene rings is 20. The summed E-state index contributed by atoms with van der Waals surface area (Å²) in [5.41, 5.74) is 19.1. The molecule has 20 aromatic rings. The molecule has 0 aliphatic carbocycles. The zero-order valence-corrected chi connectivity index (χ0v) is 61.4. The molecule has 0 radical (unpaired) electrons. The van der Waals surface area contributed by atoms with Gasteiger partial charge in [-0.1, -0.05) is 359 Å². The normalized spacial score (nSPS) is 11.4. The summed E-state index contributed by atoms with van der Waals surface area (Å²) in [6.45, 7) is 0. The lowest BCUT2D eigenvalue weighted by Gasteiger charge is -2.19. The van der Waals surface area contributed by atoms with Crippen LogP contribution >= 0.6 is 31.9 Å². The topological polar surface area (TPSA) is 40.5 Å². The zero-order valence-electron chi connectivity index (χ0n) is 58.3. The first-order valence-electron chi connectivity index (χ1n) is 36.2. The second-order valence-electron chi connectivity index (χ2n) is 27.4. The fraction of sp³-hybridized carbons (Fsp3) is 0. The lowest BCUT2D eigenvalue weighted by atomic mass is 9.77. The van der Waals surface area contributed by atoms with E-state index in [9.17, 15) is 10.0 Å². The molecule has 0 aromatic heterocycles. The molecule has 20 aromatic carbocycles. The van der Waals surface area contributed by atoms with Gasteiger partial charge in [-0.15, -0.1) is 0 Å². The molecule has 0 aliphatic rings. The van der Waals surface area contributed by atoms with E-state index in [1.54, 1.807) is 0 Å². The van der Waals surface area contributed by atoms with Crippen LogP contribution in [-0.4, -0.2) is 17.2 Å². The molecular formula is C102H67BBr2O2. The molecule has 107 heavy (non-hydrogen) atoms. The summed E-state index contributed by atoms with van der Waals surface area (Å²) in [7, 11) is -1.50. The minimum Gasteiger partial charge on any atom is -0.423 e. The zero-order chi connectivity index (χ0) is 71.9. The van der Waals surface area contributed by atoms with E-state index in [4.69, 9.17) is 0 Å². The van der Waals surface area contributed by atoms with Crippen molar-refractivity contribution in [1.29, 1.82) is 0 Å². The van der Waals surface area contributed by atoms with Gasteiger partial charge in [0.25, 0.3) is 0 Å². The first-order valence-corrected chi connectivity index (χ1v) is 37.8. The Hall–Kier alpha value is -12.3. The van der Waals surface area contributed by atoms with E-state index < -0.39 is 7.12 Å². The van der Waals surface area contributed by atoms with Gasteiger partial charge in [-0.05, 0) is 258 Å². The van der Waals surface area contributed by atoms with Gasteiger partial charge in [-0.25, -0.2) is 0 Å². The van der Waals surface area contributed by atoms with E-state index in [2.05, 4.69) is 366 Å². The molecule has 0 heterocycles. The maximum absolute atomic E-state index is 9.74. The molecule has 0 aliphatic heterocycles. The van der Waals surface area contributed by atoms with E-state index in [0.29, 0.717) is 5.46 Å². The smallest absolute Gasteiger partial charge is 0.423 e. The second kappa shape index (κ2) is 29.0. The van der Waals surface area contributed by atoms with Crippen molar-refractivity contribution < 1.29 is 10.0 Å². The lowest BCUT2D eigenvalue weighted by molar-refractivity contribution is 0.426. The quantitative estimate of drug-likeness (QED) is 0.112. The van der Waals surface area contributed by atoms with Crippen LogP contribution < -0.4 is 5.46 Å². The molecule has 0 saturated carbocycles. The van der Waals surface area contributed by atoms with Gasteiger partial charge in [0.15, 0.2) is 0 Å². The summed E-state index contributed by atoms with van der Waals surface area (Å²) < 4.78 is 2.29. The Bertz CT molecular complexity index is 6470. The fourth-order valence-electron chi connectivity index (χ4n) is 15.9. The molecule has 20 rings (SSSR count). The molecule has 0 amide bonds. The van der Waals surface area contributed by atoms with Crippen molar-refractivity contribution >= 4 is 141 Å². The van der Waals surface area contributed by atoms with Gasteiger partial charge < -0.3 is 10.0 Å². The van der Waals surface area contributed by atoms with Crippen molar-refractivity contribution in [2.75, 3.05) is 0 Å². The van der Waals surface area contributed by atoms with Crippen LogP contribution in [0.2, 0.25) is 0 Å². The van der Waals surface area contributed by atoms with Gasteiger partial charge in [-0.3, -0.25) is 0 Å². The average Bonchev–Trinajstić information content (AvgIpc) is 0.728. The average molecular weight is 1500 g/mol. The molecule has 2 N–H and O–H groups in total. The van der Waals surface area contributed by atoms with Gasteiger partial charge in [0.1, 0.15) is 0 Å². The summed E-state index contributed by atoms with van der Waals surface area (Å²) in [6, 6.07) is 141. The summed E-state index contributed by atoms with van der Waals surface area (Å²) in [6.07, 6.45) is 0. The van der Waals surface area contributed by atoms with Gasteiger partial charge in [0.05, 0.1) is 0 Å². The minimum atomic E-state index is -1.50. The molecular weight excluding hydrogens is 1430 g/mol. The molecule has 0 unspecified atom stereocenters. The summed E-state index contributed by atoms with van der Waals surface area (Å²) in [5.74, 6) is 0. The Morgan fingerprint density at radius 1 is 0.159 bits per heavy atom. The van der Waals surface area contributed by atoms with E-state index in [0.717, 1.165) is 42.0 Å². The fourth-order valence-corrected chi connectivity index (χ4v) is 17.1. The number of hydrogen-bond donors (Lipinski definition) is 2. The van der Waals surface area contributed by atoms with Crippen LogP contribution in [0.5, 0.6) is 0 Å². The molecule has 2 nitrogen and oxygen atoms in total. The van der Waals surface area contributed by atoms with Crippen molar-refractivity contribution in [3.05, 3.63) is 403 Å². The van der Waals surface area contributed by atoms with Gasteiger partial charge in [-0.2, -0.15) is 0 Å². The molecule has 0 atom stereocenters. The summed E-state index contributed by atoms with van der Waals surface area (Å²) in [4.78, 5) is 0. The predicted octanol–water partition coefficient (Wildman–Crippen LogP) is 28.0. The van der Waals surface area contributed by atoms with Crippen molar-refractivity contribution in [3.8, 4) is 89.0 Å². The molecule has 0 fully saturated rings. The number of fused-ring (bicyclic) bond motifs is 13. The standard InChI is InChI=1S/C62H40.C22H17BO2.C18H10Br2/c1-3-17-41(18-4-1)45-33-47(53-31-15-23-43-21-7-9-25-51(43)53)37-49(35-45)59-39-61-58-30-14-12-28-56(58)60(40-62(61)57-29-13-11-27-55(57)59)50-36-46(42-19-5-2-6-20-42)34-48(38-50)54-32-16-24-44-22-8-10-26-52(44)54;24-23(25)20-14-18(16-7-2-1-3-8-16)13-19(15-20)22-12-6-10-17-9-4-5-11-21(17)22;19-17-10-16-12-6-2-4-8-14(12)18(20)9-15(16)11-5-1-3-7-13(11)17/h1-40H;1-15,24-25H;1-10H. The maximum atomic E-state index is 9.74. The molecule has 0 spiro atoms. The first-order chi connectivity index (χ1) is 52.7. The highest BCUT2D eigenvalue weighted by atomic mass is 79.9. The Balaban J connectivity index is 0.000000145. The predicted molar refractivity (Wildman–Crippen MR) is 466 cm³/mol. The van der Waals surface area contributed by atoms with Crippen LogP contribution in [-0.2, 0) is 0 Å². The highest BCUT2D eigenvalue weighted by Gasteiger charge is 2.21. The first kappa shape index (κ1) is 66.6. The van der Waals surface area contributed by atoms with Gasteiger partial charge >= 0.3 is 7.12 Å². The highest BCUT2D eigenvalue weighted by Crippen LogP contribution is 2.47. The van der Waals surface area contributed by atoms with Crippen LogP contribution in [0.25, 0.3) is 186 Å². The van der Waals surface area contributed by atoms with E-state index in [1.807, 2.05) is 60.7 Å². The molecule has 0 saturated heterocycles. The van der Waals surface area contributed by atoms with Crippen molar-refractivity contribution in [1.82, 2.24) is 0 Å². The Morgan fingerprint density at radius 3 is 0.738 bits per heavy atom. The SMILES string of the molecule is Brc1cc2c3ccccc3c(Br)cc2c2ccccc12.OB(O)c1cc(-c2ccccc2)cc(-c2cccc3ccccc23)c1.c1ccc(-c2cc(-c3cccc4ccccc34)cc(-c3cc4c5ccccc5c(-c5cc(-c6ccccc6)cc(-c6cccc7ccccc67)c5)cc4c4ccccc34)c2)cc1. The van der Waals surface area contributed by atoms with Crippen LogP contribution in [0.4, 0.5) is 0 Å². The number of halogens is 2. The molecule has 504 valence electrons. The van der Waals surface area contributed by atoms with Crippen LogP contribution in [0.1, 0.15) is 0 Å². The minimum absolute atomic E-state index is 0.490. The third-order valence-electron chi connectivity index (χ3n) is 21.0. The second-order valence-corrected chi connectivity index (χ2v) is 29.1. The van der Waals surface area contributed by atoms with Crippen LogP contribution in [0.15, 0.2) is 403 Å². The van der Waals surface area contributed by atoms with Gasteiger partial charge in [0.2, 0.25) is 0 Å². The maximum Gasteiger partial charge on any atom is 0.488 e. The highest BCUT2D eigenvalue weighted by molar-refractivity contribution is 9.11. The Labute approximate surface area is 638 Å².